The number of carbonyl (C=O) groups excluding carboxylic acids is 3. The Kier molecular flexibility index (Phi) is 6.87. The van der Waals surface area contributed by atoms with Crippen LogP contribution in [0.5, 0.6) is 0 Å². The van der Waals surface area contributed by atoms with Crippen LogP contribution in [0.3, 0.4) is 0 Å². The molecule has 3 saturated heterocycles. The molecule has 2 aromatic rings. The quantitative estimate of drug-likeness (QED) is 0.618. The van der Waals surface area contributed by atoms with Crippen LogP contribution in [0, 0.1) is 5.41 Å². The Bertz CT molecular complexity index is 1300. The Morgan fingerprint density at radius 1 is 1.05 bits per heavy atom. The summed E-state index contributed by atoms with van der Waals surface area (Å²) in [4.78, 5) is 54.1. The smallest absolute Gasteiger partial charge is 0.410 e. The SMILES string of the molecule is Cn1c(=O)n(C2CCC(=O)NC2=O)c2cccc(CN3CCC4(CC3)CCN(C(=O)OC(C)(C)C)CC4)c21. The minimum Gasteiger partial charge on any atom is -0.444 e. The number of amides is 3. The topological polar surface area (TPSA) is 106 Å². The zero-order valence-corrected chi connectivity index (χ0v) is 22.9. The molecule has 0 aliphatic carbocycles. The van der Waals surface area contributed by atoms with Crippen molar-refractivity contribution in [3.05, 3.63) is 34.2 Å². The molecule has 38 heavy (non-hydrogen) atoms. The van der Waals surface area contributed by atoms with Gasteiger partial charge in [0.1, 0.15) is 11.6 Å². The molecular formula is C28H39N5O5. The van der Waals surface area contributed by atoms with Gasteiger partial charge >= 0.3 is 11.8 Å². The third kappa shape index (κ3) is 5.10. The number of imide groups is 1. The zero-order valence-electron chi connectivity index (χ0n) is 22.9. The first-order chi connectivity index (χ1) is 18.0. The third-order valence-electron chi connectivity index (χ3n) is 8.49. The highest BCUT2D eigenvalue weighted by Crippen LogP contribution is 2.42. The van der Waals surface area contributed by atoms with Crippen LogP contribution < -0.4 is 11.0 Å². The van der Waals surface area contributed by atoms with E-state index < -0.39 is 17.6 Å². The normalized spacial score (nSPS) is 22.6. The fourth-order valence-electron chi connectivity index (χ4n) is 6.29. The van der Waals surface area contributed by atoms with Gasteiger partial charge < -0.3 is 9.64 Å². The van der Waals surface area contributed by atoms with Gasteiger partial charge in [-0.05, 0) is 83.0 Å². The molecule has 1 aromatic carbocycles. The largest absolute Gasteiger partial charge is 0.444 e. The van der Waals surface area contributed by atoms with Crippen LogP contribution in [-0.2, 0) is 27.9 Å². The molecule has 0 saturated carbocycles. The highest BCUT2D eigenvalue weighted by Gasteiger charge is 2.39. The summed E-state index contributed by atoms with van der Waals surface area (Å²) >= 11 is 0. The Labute approximate surface area is 222 Å². The first kappa shape index (κ1) is 26.5. The lowest BCUT2D eigenvalue weighted by Gasteiger charge is -2.46. The molecule has 1 aromatic heterocycles. The van der Waals surface area contributed by atoms with Gasteiger partial charge in [-0.15, -0.1) is 0 Å². The minimum atomic E-state index is -0.680. The van der Waals surface area contributed by atoms with Gasteiger partial charge in [0.15, 0.2) is 0 Å². The first-order valence-corrected chi connectivity index (χ1v) is 13.7. The monoisotopic (exact) mass is 525 g/mol. The number of imidazole rings is 1. The Hall–Kier alpha value is -3.14. The van der Waals surface area contributed by atoms with Gasteiger partial charge in [0.25, 0.3) is 0 Å². The number of aromatic nitrogens is 2. The lowest BCUT2D eigenvalue weighted by atomic mass is 9.71. The molecule has 1 spiro atoms. The molecule has 0 radical (unpaired) electrons. The minimum absolute atomic E-state index is 0.215. The number of aryl methyl sites for hydroxylation is 1. The standard InChI is InChI=1S/C28H39N5O5/c1-27(2,3)38-26(37)32-16-12-28(13-17-32)10-14-31(15-11-28)18-19-6-5-7-20-23(19)30(4)25(36)33(20)21-8-9-22(34)29-24(21)35/h5-7,21H,8-18H2,1-4H3,(H,29,34,35). The molecule has 206 valence electrons. The Balaban J connectivity index is 1.26. The van der Waals surface area contributed by atoms with Gasteiger partial charge in [-0.2, -0.15) is 0 Å². The van der Waals surface area contributed by atoms with E-state index in [9.17, 15) is 19.2 Å². The van der Waals surface area contributed by atoms with E-state index in [4.69, 9.17) is 4.74 Å². The van der Waals surface area contributed by atoms with Crippen LogP contribution in [0.4, 0.5) is 4.79 Å². The zero-order chi connectivity index (χ0) is 27.2. The molecule has 3 amide bonds. The maximum atomic E-state index is 13.2. The van der Waals surface area contributed by atoms with Crippen molar-refractivity contribution in [2.75, 3.05) is 26.2 Å². The maximum absolute atomic E-state index is 13.2. The summed E-state index contributed by atoms with van der Waals surface area (Å²) in [7, 11) is 1.75. The summed E-state index contributed by atoms with van der Waals surface area (Å²) in [6.07, 6.45) is 4.51. The van der Waals surface area contributed by atoms with Crippen LogP contribution in [-0.4, -0.2) is 68.6 Å². The summed E-state index contributed by atoms with van der Waals surface area (Å²) in [5.74, 6) is -0.709. The summed E-state index contributed by atoms with van der Waals surface area (Å²) in [5.41, 5.74) is 2.18. The van der Waals surface area contributed by atoms with Gasteiger partial charge in [0.2, 0.25) is 11.8 Å². The number of nitrogens with zero attached hydrogens (tertiary/aromatic N) is 4. The molecule has 0 bridgehead atoms. The maximum Gasteiger partial charge on any atom is 0.410 e. The lowest BCUT2D eigenvalue weighted by molar-refractivity contribution is -0.135. The number of ether oxygens (including phenoxy) is 1. The predicted molar refractivity (Wildman–Crippen MR) is 143 cm³/mol. The predicted octanol–water partition coefficient (Wildman–Crippen LogP) is 2.93. The molecule has 3 fully saturated rings. The molecule has 4 heterocycles. The van der Waals surface area contributed by atoms with Crippen LogP contribution in [0.25, 0.3) is 11.0 Å². The van der Waals surface area contributed by atoms with E-state index in [0.29, 0.717) is 6.42 Å². The molecule has 10 heteroatoms. The van der Waals surface area contributed by atoms with Crippen LogP contribution >= 0.6 is 0 Å². The lowest BCUT2D eigenvalue weighted by Crippen LogP contribution is -2.49. The van der Waals surface area contributed by atoms with Gasteiger partial charge in [-0.25, -0.2) is 9.59 Å². The Morgan fingerprint density at radius 3 is 2.34 bits per heavy atom. The van der Waals surface area contributed by atoms with Crippen molar-refractivity contribution in [3.8, 4) is 0 Å². The number of para-hydroxylation sites is 1. The number of nitrogens with one attached hydrogen (secondary N) is 1. The highest BCUT2D eigenvalue weighted by atomic mass is 16.6. The van der Waals surface area contributed by atoms with E-state index >= 15 is 0 Å². The molecular weight excluding hydrogens is 486 g/mol. The van der Waals surface area contributed by atoms with E-state index in [1.165, 1.54) is 0 Å². The second-order valence-corrected chi connectivity index (χ2v) is 12.2. The molecule has 1 N–H and O–H groups in total. The number of hydrogen-bond donors (Lipinski definition) is 1. The van der Waals surface area contributed by atoms with Gasteiger partial charge in [-0.1, -0.05) is 12.1 Å². The molecule has 5 rings (SSSR count). The van der Waals surface area contributed by atoms with Crippen molar-refractivity contribution in [1.82, 2.24) is 24.3 Å². The number of rotatable bonds is 3. The van der Waals surface area contributed by atoms with Crippen molar-refractivity contribution in [2.45, 2.75) is 77.5 Å². The fourth-order valence-corrected chi connectivity index (χ4v) is 6.29. The van der Waals surface area contributed by atoms with Crippen molar-refractivity contribution in [2.24, 2.45) is 12.5 Å². The van der Waals surface area contributed by atoms with E-state index in [1.807, 2.05) is 37.8 Å². The molecule has 10 nitrogen and oxygen atoms in total. The average Bonchev–Trinajstić information content (AvgIpc) is 3.11. The summed E-state index contributed by atoms with van der Waals surface area (Å²) < 4.78 is 8.73. The number of piperidine rings is 3. The van der Waals surface area contributed by atoms with Crippen molar-refractivity contribution in [3.63, 3.8) is 0 Å². The summed E-state index contributed by atoms with van der Waals surface area (Å²) in [5, 5.41) is 2.37. The second-order valence-electron chi connectivity index (χ2n) is 12.2. The summed E-state index contributed by atoms with van der Waals surface area (Å²) in [6.45, 7) is 9.82. The molecule has 3 aliphatic rings. The van der Waals surface area contributed by atoms with Gasteiger partial charge in [0.05, 0.1) is 11.0 Å². The average molecular weight is 526 g/mol. The van der Waals surface area contributed by atoms with E-state index in [2.05, 4.69) is 16.3 Å². The van der Waals surface area contributed by atoms with Crippen LogP contribution in [0.1, 0.15) is 70.9 Å². The number of carbonyl (C=O) groups is 3. The first-order valence-electron chi connectivity index (χ1n) is 13.7. The van der Waals surface area contributed by atoms with Crippen LogP contribution in [0.2, 0.25) is 0 Å². The number of likely N-dealkylation sites (tertiary alicyclic amines) is 2. The third-order valence-corrected chi connectivity index (χ3v) is 8.49. The molecule has 1 atom stereocenters. The Morgan fingerprint density at radius 2 is 1.71 bits per heavy atom. The second kappa shape index (κ2) is 9.87. The van der Waals surface area contributed by atoms with Gasteiger partial charge in [0, 0.05) is 33.1 Å². The van der Waals surface area contributed by atoms with E-state index in [0.717, 1.165) is 75.0 Å². The number of hydrogen-bond acceptors (Lipinski definition) is 6. The highest BCUT2D eigenvalue weighted by molar-refractivity contribution is 6.00. The van der Waals surface area contributed by atoms with Crippen molar-refractivity contribution in [1.29, 1.82) is 0 Å². The van der Waals surface area contributed by atoms with E-state index in [1.54, 1.807) is 16.2 Å². The molecule has 3 aliphatic heterocycles. The number of fused-ring (bicyclic) bond motifs is 1. The number of benzene rings is 1. The summed E-state index contributed by atoms with van der Waals surface area (Å²) in [6, 6.07) is 5.20. The molecule has 1 unspecified atom stereocenters. The van der Waals surface area contributed by atoms with Crippen LogP contribution in [0.15, 0.2) is 23.0 Å². The fraction of sp³-hybridized carbons (Fsp3) is 0.643. The van der Waals surface area contributed by atoms with Gasteiger partial charge in [-0.3, -0.25) is 28.9 Å². The van der Waals surface area contributed by atoms with Crippen molar-refractivity contribution >= 4 is 28.9 Å². The van der Waals surface area contributed by atoms with E-state index in [-0.39, 0.29) is 29.5 Å². The van der Waals surface area contributed by atoms with Crippen molar-refractivity contribution < 1.29 is 19.1 Å².